The minimum Gasteiger partial charge on any atom is -0.464 e. The summed E-state index contributed by atoms with van der Waals surface area (Å²) in [5, 5.41) is 0. The first-order valence-corrected chi connectivity index (χ1v) is 24.3. The maximum absolute atomic E-state index is 12.4. The second kappa shape index (κ2) is 47.0. The molecule has 0 aromatic carbocycles. The number of hydrogen-bond donors (Lipinski definition) is 0. The molecule has 0 heterocycles. The summed E-state index contributed by atoms with van der Waals surface area (Å²) in [6.45, 7) is 9.01. The van der Waals surface area contributed by atoms with E-state index in [1.807, 2.05) is 0 Å². The number of allylic oxidation sites excluding steroid dienone is 8. The molecule has 0 aliphatic heterocycles. The number of ether oxygens (including phenoxy) is 3. The molecule has 0 atom stereocenters. The minimum atomic E-state index is -0.167. The molecule has 0 aliphatic carbocycles. The fourth-order valence-corrected chi connectivity index (χ4v) is 6.63. The van der Waals surface area contributed by atoms with Gasteiger partial charge in [0.25, 0.3) is 0 Å². The third-order valence-corrected chi connectivity index (χ3v) is 10.4. The molecular formula is C51H91NO6. The fourth-order valence-electron chi connectivity index (χ4n) is 6.63. The van der Waals surface area contributed by atoms with Gasteiger partial charge in [-0.05, 0) is 83.5 Å². The lowest BCUT2D eigenvalue weighted by atomic mass is 10.1. The topological polar surface area (TPSA) is 82.1 Å². The van der Waals surface area contributed by atoms with Crippen molar-refractivity contribution in [1.29, 1.82) is 0 Å². The Labute approximate surface area is 358 Å². The summed E-state index contributed by atoms with van der Waals surface area (Å²) in [5.74, 6) is -0.498. The summed E-state index contributed by atoms with van der Waals surface area (Å²) in [7, 11) is 0. The summed E-state index contributed by atoms with van der Waals surface area (Å²) in [6.07, 6.45) is 51.6. The normalized spacial score (nSPS) is 11.9. The van der Waals surface area contributed by atoms with Crippen LogP contribution in [0.15, 0.2) is 48.6 Å². The van der Waals surface area contributed by atoms with Gasteiger partial charge in [-0.1, -0.05) is 166 Å². The molecule has 0 N–H and O–H groups in total. The molecule has 0 saturated heterocycles. The number of esters is 3. The van der Waals surface area contributed by atoms with E-state index in [-0.39, 0.29) is 37.7 Å². The van der Waals surface area contributed by atoms with E-state index in [9.17, 15) is 14.4 Å². The van der Waals surface area contributed by atoms with Crippen LogP contribution in [0, 0.1) is 0 Å². The molecule has 0 saturated carbocycles. The highest BCUT2D eigenvalue weighted by molar-refractivity contribution is 5.70. The van der Waals surface area contributed by atoms with Crippen molar-refractivity contribution in [1.82, 2.24) is 4.90 Å². The number of carbonyl (C=O) groups excluding carboxylic acids is 3. The first-order chi connectivity index (χ1) is 28.5. The molecule has 0 bridgehead atoms. The molecule has 0 aromatic heterocycles. The summed E-state index contributed by atoms with van der Waals surface area (Å²) >= 11 is 0. The van der Waals surface area contributed by atoms with E-state index in [2.05, 4.69) is 74.3 Å². The van der Waals surface area contributed by atoms with Gasteiger partial charge in [0.1, 0.15) is 19.8 Å². The molecule has 0 spiro atoms. The highest BCUT2D eigenvalue weighted by atomic mass is 16.5. The van der Waals surface area contributed by atoms with Gasteiger partial charge in [-0.2, -0.15) is 0 Å². The monoisotopic (exact) mass is 814 g/mol. The molecule has 0 aliphatic rings. The van der Waals surface area contributed by atoms with Crippen molar-refractivity contribution < 1.29 is 28.6 Å². The number of rotatable bonds is 44. The molecule has 0 rings (SSSR count). The van der Waals surface area contributed by atoms with Crippen molar-refractivity contribution >= 4 is 17.9 Å². The van der Waals surface area contributed by atoms with Crippen molar-refractivity contribution in [3.63, 3.8) is 0 Å². The molecule has 0 amide bonds. The highest BCUT2D eigenvalue weighted by Gasteiger charge is 2.11. The Hall–Kier alpha value is -2.67. The molecule has 58 heavy (non-hydrogen) atoms. The molecule has 7 heteroatoms. The summed E-state index contributed by atoms with van der Waals surface area (Å²) in [6, 6.07) is 0. The van der Waals surface area contributed by atoms with E-state index in [1.165, 1.54) is 96.3 Å². The average Bonchev–Trinajstić information content (AvgIpc) is 3.21. The van der Waals surface area contributed by atoms with E-state index in [0.717, 1.165) is 83.5 Å². The van der Waals surface area contributed by atoms with Crippen LogP contribution in [0.4, 0.5) is 0 Å². The van der Waals surface area contributed by atoms with Crippen LogP contribution in [0.3, 0.4) is 0 Å². The lowest BCUT2D eigenvalue weighted by molar-refractivity contribution is -0.144. The summed E-state index contributed by atoms with van der Waals surface area (Å²) in [5.41, 5.74) is 0. The van der Waals surface area contributed by atoms with Gasteiger partial charge in [0, 0.05) is 38.9 Å². The summed E-state index contributed by atoms with van der Waals surface area (Å²) in [4.78, 5) is 39.2. The van der Waals surface area contributed by atoms with Crippen LogP contribution in [0.1, 0.15) is 220 Å². The van der Waals surface area contributed by atoms with Gasteiger partial charge in [-0.15, -0.1) is 0 Å². The first-order valence-electron chi connectivity index (χ1n) is 24.3. The maximum Gasteiger partial charge on any atom is 0.305 e. The lowest BCUT2D eigenvalue weighted by Gasteiger charge is -2.22. The molecule has 0 fully saturated rings. The summed E-state index contributed by atoms with van der Waals surface area (Å²) < 4.78 is 16.6. The average molecular weight is 814 g/mol. The van der Waals surface area contributed by atoms with Crippen LogP contribution >= 0.6 is 0 Å². The zero-order chi connectivity index (χ0) is 42.3. The van der Waals surface area contributed by atoms with Crippen LogP contribution in [0.2, 0.25) is 0 Å². The SMILES string of the molecule is CCCCC/C=C\C/C=C\CCCCCCCC(=O)OCCN(CCOC(=O)CCCCCCCC)CCOC(=O)CCCCCCC/C=C\C/C=C\CCCCC. The van der Waals surface area contributed by atoms with E-state index < -0.39 is 0 Å². The Bertz CT molecular complexity index is 970. The second-order valence-electron chi connectivity index (χ2n) is 16.0. The number of unbranched alkanes of at least 4 members (excludes halogenated alkanes) is 21. The van der Waals surface area contributed by atoms with Crippen molar-refractivity contribution in [2.45, 2.75) is 220 Å². The Kier molecular flexibility index (Phi) is 44.8. The van der Waals surface area contributed by atoms with Crippen molar-refractivity contribution in [2.24, 2.45) is 0 Å². The second-order valence-corrected chi connectivity index (χ2v) is 16.0. The van der Waals surface area contributed by atoms with Crippen molar-refractivity contribution in [3.8, 4) is 0 Å². The Morgan fingerprint density at radius 1 is 0.345 bits per heavy atom. The molecule has 7 nitrogen and oxygen atoms in total. The van der Waals surface area contributed by atoms with Gasteiger partial charge in [-0.3, -0.25) is 19.3 Å². The molecule has 0 aromatic rings. The predicted octanol–water partition coefficient (Wildman–Crippen LogP) is 14.3. The van der Waals surface area contributed by atoms with Crippen LogP contribution in [-0.4, -0.2) is 62.3 Å². The smallest absolute Gasteiger partial charge is 0.305 e. The fraction of sp³-hybridized carbons (Fsp3) is 0.784. The van der Waals surface area contributed by atoms with E-state index in [0.29, 0.717) is 38.9 Å². The Balaban J connectivity index is 4.28. The Morgan fingerprint density at radius 2 is 0.603 bits per heavy atom. The Morgan fingerprint density at radius 3 is 0.931 bits per heavy atom. The third kappa shape index (κ3) is 44.4. The van der Waals surface area contributed by atoms with Gasteiger partial charge >= 0.3 is 17.9 Å². The lowest BCUT2D eigenvalue weighted by Crippen LogP contribution is -2.35. The highest BCUT2D eigenvalue weighted by Crippen LogP contribution is 2.11. The van der Waals surface area contributed by atoms with Crippen LogP contribution in [-0.2, 0) is 28.6 Å². The van der Waals surface area contributed by atoms with Gasteiger partial charge in [0.2, 0.25) is 0 Å². The van der Waals surface area contributed by atoms with Crippen LogP contribution < -0.4 is 0 Å². The van der Waals surface area contributed by atoms with Crippen molar-refractivity contribution in [3.05, 3.63) is 48.6 Å². The van der Waals surface area contributed by atoms with Crippen LogP contribution in [0.25, 0.3) is 0 Å². The van der Waals surface area contributed by atoms with Crippen molar-refractivity contribution in [2.75, 3.05) is 39.5 Å². The van der Waals surface area contributed by atoms with E-state index in [4.69, 9.17) is 14.2 Å². The predicted molar refractivity (Wildman–Crippen MR) is 246 cm³/mol. The zero-order valence-electron chi connectivity index (χ0n) is 38.2. The number of carbonyl (C=O) groups is 3. The minimum absolute atomic E-state index is 0.164. The zero-order valence-corrected chi connectivity index (χ0v) is 38.2. The van der Waals surface area contributed by atoms with Gasteiger partial charge < -0.3 is 14.2 Å². The van der Waals surface area contributed by atoms with E-state index >= 15 is 0 Å². The molecule has 0 radical (unpaired) electrons. The number of hydrogen-bond acceptors (Lipinski definition) is 7. The maximum atomic E-state index is 12.4. The molecule has 0 unspecified atom stereocenters. The third-order valence-electron chi connectivity index (χ3n) is 10.4. The quantitative estimate of drug-likeness (QED) is 0.0262. The molecule has 336 valence electrons. The van der Waals surface area contributed by atoms with Gasteiger partial charge in [0.15, 0.2) is 0 Å². The molecular weight excluding hydrogens is 723 g/mol. The van der Waals surface area contributed by atoms with E-state index in [1.54, 1.807) is 0 Å². The first kappa shape index (κ1) is 55.3. The van der Waals surface area contributed by atoms with Gasteiger partial charge in [-0.25, -0.2) is 0 Å². The van der Waals surface area contributed by atoms with Crippen LogP contribution in [0.5, 0.6) is 0 Å². The largest absolute Gasteiger partial charge is 0.464 e. The number of nitrogens with zero attached hydrogens (tertiary/aromatic N) is 1. The standard InChI is InChI=1S/C51H91NO6/c1-4-7-10-13-16-18-20-22-24-26-28-30-32-35-38-41-50(54)57-47-44-52(43-46-56-49(53)40-37-34-15-12-9-6-3)45-48-58-51(55)42-39-36-33-31-29-27-25-23-21-19-17-14-11-8-5-2/h16-19,22-25H,4-15,20-21,26-48H2,1-3H3/b18-16-,19-17-,24-22-,25-23-. The van der Waals surface area contributed by atoms with Gasteiger partial charge in [0.05, 0.1) is 0 Å².